The van der Waals surface area contributed by atoms with Crippen LogP contribution in [0.2, 0.25) is 10.0 Å². The van der Waals surface area contributed by atoms with E-state index in [0.29, 0.717) is 30.7 Å². The Labute approximate surface area is 259 Å². The van der Waals surface area contributed by atoms with Gasteiger partial charge in [-0.05, 0) is 61.5 Å². The van der Waals surface area contributed by atoms with Crippen molar-refractivity contribution in [2.75, 3.05) is 19.6 Å². The quantitative estimate of drug-likeness (QED) is 0.250. The van der Waals surface area contributed by atoms with Gasteiger partial charge in [0.2, 0.25) is 0 Å². The summed E-state index contributed by atoms with van der Waals surface area (Å²) in [5, 5.41) is 11.6. The molecule has 0 radical (unpaired) electrons. The maximum Gasteiger partial charge on any atom is 0.416 e. The molecule has 2 aliphatic rings. The van der Waals surface area contributed by atoms with E-state index in [2.05, 4.69) is 26.2 Å². The SMILES string of the molecule is C[C@H]1CC(NC(=O)NC(CNC(=O)c2cc(C(F)(F)F)cc(C(F)(F)F)c2)c2ccc(Cl)c(Cl)c2)CN1CC1C=CC=CN1. The third kappa shape index (κ3) is 8.82. The van der Waals surface area contributed by atoms with Crippen LogP contribution in [0.15, 0.2) is 60.8 Å². The van der Waals surface area contributed by atoms with E-state index in [1.54, 1.807) is 0 Å². The summed E-state index contributed by atoms with van der Waals surface area (Å²) < 4.78 is 79.8. The Hall–Kier alpha value is -3.42. The highest BCUT2D eigenvalue weighted by Gasteiger charge is 2.38. The molecule has 0 aliphatic carbocycles. The van der Waals surface area contributed by atoms with Crippen molar-refractivity contribution in [1.29, 1.82) is 0 Å². The molecule has 2 aliphatic heterocycles. The zero-order valence-corrected chi connectivity index (χ0v) is 24.7. The summed E-state index contributed by atoms with van der Waals surface area (Å²) in [4.78, 5) is 28.1. The molecule has 15 heteroatoms. The van der Waals surface area contributed by atoms with Crippen LogP contribution in [0, 0.1) is 0 Å². The molecule has 2 aromatic rings. The number of alkyl halides is 6. The number of rotatable bonds is 8. The average Bonchev–Trinajstić information content (AvgIpc) is 3.29. The lowest BCUT2D eigenvalue weighted by Crippen LogP contribution is -2.47. The molecule has 0 spiro atoms. The van der Waals surface area contributed by atoms with Gasteiger partial charge in [0.1, 0.15) is 0 Å². The monoisotopic (exact) mass is 663 g/mol. The number of hydrogen-bond donors (Lipinski definition) is 4. The van der Waals surface area contributed by atoms with Gasteiger partial charge in [-0.2, -0.15) is 26.3 Å². The van der Waals surface area contributed by atoms with Crippen LogP contribution < -0.4 is 21.3 Å². The smallest absolute Gasteiger partial charge is 0.383 e. The summed E-state index contributed by atoms with van der Waals surface area (Å²) in [6.45, 7) is 2.97. The molecule has 44 heavy (non-hydrogen) atoms. The van der Waals surface area contributed by atoms with Crippen LogP contribution in [-0.4, -0.2) is 54.6 Å². The van der Waals surface area contributed by atoms with Crippen molar-refractivity contribution >= 4 is 35.1 Å². The van der Waals surface area contributed by atoms with Gasteiger partial charge < -0.3 is 21.3 Å². The molecular weight excluding hydrogens is 635 g/mol. The molecule has 3 unspecified atom stereocenters. The molecule has 238 valence electrons. The number of nitrogens with one attached hydrogen (secondary N) is 4. The summed E-state index contributed by atoms with van der Waals surface area (Å²) in [5.41, 5.74) is -3.70. The Kier molecular flexibility index (Phi) is 10.4. The Morgan fingerprint density at radius 3 is 2.27 bits per heavy atom. The Morgan fingerprint density at radius 2 is 1.68 bits per heavy atom. The number of likely N-dealkylation sites (tertiary alicyclic amines) is 1. The standard InChI is InChI=1S/C29H29Cl2F6N5O2/c1-16-8-22(15-42(16)14-21-4-2-3-7-38-21)40-27(44)41-25(17-5-6-23(30)24(31)11-17)13-39-26(43)18-9-19(28(32,33)34)12-20(10-18)29(35,36)37/h2-7,9-12,16,21-22,25,38H,8,13-15H2,1H3,(H,39,43)(H2,40,41,44)/t16-,21?,22?,25?/m0/s1. The lowest BCUT2D eigenvalue weighted by Gasteiger charge is -2.26. The van der Waals surface area contributed by atoms with E-state index in [1.165, 1.54) is 18.2 Å². The van der Waals surface area contributed by atoms with Gasteiger partial charge in [-0.15, -0.1) is 0 Å². The average molecular weight is 664 g/mol. The van der Waals surface area contributed by atoms with Gasteiger partial charge in [0.25, 0.3) is 5.91 Å². The number of benzene rings is 2. The number of carbonyl (C=O) groups excluding carboxylic acids is 2. The van der Waals surface area contributed by atoms with Crippen molar-refractivity contribution in [2.45, 2.75) is 49.9 Å². The van der Waals surface area contributed by atoms with Crippen molar-refractivity contribution < 1.29 is 35.9 Å². The van der Waals surface area contributed by atoms with Gasteiger partial charge in [0.15, 0.2) is 0 Å². The summed E-state index contributed by atoms with van der Waals surface area (Å²) in [6, 6.07) is 3.56. The first-order valence-corrected chi connectivity index (χ1v) is 14.3. The predicted molar refractivity (Wildman–Crippen MR) is 154 cm³/mol. The number of carbonyl (C=O) groups is 2. The number of allylic oxidation sites excluding steroid dienone is 2. The van der Waals surface area contributed by atoms with Gasteiger partial charge in [-0.1, -0.05) is 41.4 Å². The highest BCUT2D eigenvalue weighted by Crippen LogP contribution is 2.36. The second kappa shape index (κ2) is 13.7. The Bertz CT molecular complexity index is 1400. The van der Waals surface area contributed by atoms with Crippen LogP contribution >= 0.6 is 23.2 Å². The minimum atomic E-state index is -5.12. The number of halogens is 8. The number of dihydropyridines is 1. The molecule has 0 saturated carbocycles. The van der Waals surface area contributed by atoms with Crippen LogP contribution in [0.4, 0.5) is 31.1 Å². The lowest BCUT2D eigenvalue weighted by atomic mass is 10.0. The number of amides is 3. The molecule has 0 bridgehead atoms. The summed E-state index contributed by atoms with van der Waals surface area (Å²) >= 11 is 12.2. The van der Waals surface area contributed by atoms with Gasteiger partial charge >= 0.3 is 18.4 Å². The molecule has 7 nitrogen and oxygen atoms in total. The molecule has 2 aromatic carbocycles. The minimum Gasteiger partial charge on any atom is -0.383 e. The van der Waals surface area contributed by atoms with Gasteiger partial charge in [0, 0.05) is 37.3 Å². The van der Waals surface area contributed by atoms with Gasteiger partial charge in [-0.25, -0.2) is 4.79 Å². The summed E-state index contributed by atoms with van der Waals surface area (Å²) in [7, 11) is 0. The molecule has 4 N–H and O–H groups in total. The second-order valence-electron chi connectivity index (χ2n) is 10.6. The fraction of sp³-hybridized carbons (Fsp3) is 0.379. The van der Waals surface area contributed by atoms with Crippen molar-refractivity contribution in [3.63, 3.8) is 0 Å². The Morgan fingerprint density at radius 1 is 1.00 bits per heavy atom. The first-order chi connectivity index (χ1) is 20.6. The van der Waals surface area contributed by atoms with Crippen LogP contribution in [0.25, 0.3) is 0 Å². The van der Waals surface area contributed by atoms with E-state index in [1.807, 2.05) is 31.4 Å². The zero-order chi connectivity index (χ0) is 32.2. The molecule has 1 fully saturated rings. The molecule has 1 saturated heterocycles. The first kappa shape index (κ1) is 33.5. The van der Waals surface area contributed by atoms with Crippen LogP contribution in [0.5, 0.6) is 0 Å². The fourth-order valence-corrected chi connectivity index (χ4v) is 5.37. The van der Waals surface area contributed by atoms with Crippen LogP contribution in [-0.2, 0) is 12.4 Å². The van der Waals surface area contributed by atoms with E-state index in [0.717, 1.165) is 6.54 Å². The molecule has 2 heterocycles. The van der Waals surface area contributed by atoms with Gasteiger partial charge in [-0.3, -0.25) is 9.69 Å². The number of hydrogen-bond acceptors (Lipinski definition) is 4. The summed E-state index contributed by atoms with van der Waals surface area (Å²) in [5.74, 6) is -1.20. The normalized spacial score (nSPS) is 21.1. The largest absolute Gasteiger partial charge is 0.416 e. The highest BCUT2D eigenvalue weighted by atomic mass is 35.5. The van der Waals surface area contributed by atoms with Gasteiger partial charge in [0.05, 0.1) is 33.3 Å². The molecule has 3 amide bonds. The van der Waals surface area contributed by atoms with Crippen molar-refractivity contribution in [3.05, 3.63) is 93.1 Å². The lowest BCUT2D eigenvalue weighted by molar-refractivity contribution is -0.143. The summed E-state index contributed by atoms with van der Waals surface area (Å²) in [6.07, 6.45) is -1.82. The van der Waals surface area contributed by atoms with E-state index in [9.17, 15) is 35.9 Å². The molecular formula is C29H29Cl2F6N5O2. The maximum atomic E-state index is 13.3. The van der Waals surface area contributed by atoms with E-state index in [-0.39, 0.29) is 40.8 Å². The highest BCUT2D eigenvalue weighted by molar-refractivity contribution is 6.42. The number of urea groups is 1. The minimum absolute atomic E-state index is 0.0639. The second-order valence-corrected chi connectivity index (χ2v) is 11.4. The van der Waals surface area contributed by atoms with Crippen molar-refractivity contribution in [2.24, 2.45) is 0 Å². The third-order valence-corrected chi connectivity index (χ3v) is 8.04. The topological polar surface area (TPSA) is 85.5 Å². The van der Waals surface area contributed by atoms with E-state index in [4.69, 9.17) is 23.2 Å². The zero-order valence-electron chi connectivity index (χ0n) is 23.2. The third-order valence-electron chi connectivity index (χ3n) is 7.30. The molecule has 4 atom stereocenters. The first-order valence-electron chi connectivity index (χ1n) is 13.5. The molecule has 0 aromatic heterocycles. The van der Waals surface area contributed by atoms with Crippen molar-refractivity contribution in [1.82, 2.24) is 26.2 Å². The molecule has 4 rings (SSSR count). The predicted octanol–water partition coefficient (Wildman–Crippen LogP) is 6.31. The van der Waals surface area contributed by atoms with E-state index >= 15 is 0 Å². The van der Waals surface area contributed by atoms with Crippen molar-refractivity contribution in [3.8, 4) is 0 Å². The Balaban J connectivity index is 1.46. The maximum absolute atomic E-state index is 13.3. The van der Waals surface area contributed by atoms with Crippen LogP contribution in [0.1, 0.15) is 46.4 Å². The van der Waals surface area contributed by atoms with E-state index < -0.39 is 47.0 Å². The van der Waals surface area contributed by atoms with Crippen LogP contribution in [0.3, 0.4) is 0 Å². The number of nitrogens with zero attached hydrogens (tertiary/aromatic N) is 1. The fourth-order valence-electron chi connectivity index (χ4n) is 5.06.